The van der Waals surface area contributed by atoms with Crippen molar-refractivity contribution >= 4 is 23.7 Å². The smallest absolute Gasteiger partial charge is 0.475 e. The van der Waals surface area contributed by atoms with Crippen molar-refractivity contribution < 1.29 is 50.9 Å². The molecule has 1 fully saturated rings. The number of carboxylic acids is 2. The average Bonchev–Trinajstić information content (AvgIpc) is 3.22. The zero-order valence-corrected chi connectivity index (χ0v) is 20.3. The molecular weight excluding hydrogens is 514 g/mol. The fourth-order valence-corrected chi connectivity index (χ4v) is 3.27. The Kier molecular flexibility index (Phi) is 12.1. The Labute approximate surface area is 209 Å². The maximum atomic E-state index is 12.9. The van der Waals surface area contributed by atoms with E-state index in [-0.39, 0.29) is 5.91 Å². The lowest BCUT2D eigenvalue weighted by Crippen LogP contribution is -2.29. The van der Waals surface area contributed by atoms with Crippen LogP contribution in [0.4, 0.5) is 32.2 Å². The van der Waals surface area contributed by atoms with Crippen molar-refractivity contribution in [3.63, 3.8) is 0 Å². The van der Waals surface area contributed by atoms with Gasteiger partial charge in [-0.05, 0) is 43.4 Å². The Morgan fingerprint density at radius 2 is 1.49 bits per heavy atom. The number of carboxylic acid groups (broad SMARTS) is 2. The number of nitrogens with one attached hydrogen (secondary N) is 2. The van der Waals surface area contributed by atoms with Gasteiger partial charge < -0.3 is 25.7 Å². The maximum absolute atomic E-state index is 12.9. The number of hydrogen-bond acceptors (Lipinski definition) is 6. The molecule has 0 aliphatic carbocycles. The molecule has 2 aliphatic rings. The minimum absolute atomic E-state index is 0.140. The first kappa shape index (κ1) is 31.9. The summed E-state index contributed by atoms with van der Waals surface area (Å²) in [6.07, 6.45) is -6.05. The van der Waals surface area contributed by atoms with E-state index in [4.69, 9.17) is 24.8 Å². The third-order valence-corrected chi connectivity index (χ3v) is 5.09. The lowest BCUT2D eigenvalue weighted by atomic mass is 10.0. The quantitative estimate of drug-likeness (QED) is 0.425. The molecule has 3 heterocycles. The van der Waals surface area contributed by atoms with Crippen molar-refractivity contribution in [1.82, 2.24) is 15.2 Å². The predicted molar refractivity (Wildman–Crippen MR) is 120 cm³/mol. The summed E-state index contributed by atoms with van der Waals surface area (Å²) < 4.78 is 63.5. The Hall–Kier alpha value is -3.10. The van der Waals surface area contributed by atoms with Crippen LogP contribution in [0.2, 0.25) is 0 Å². The highest BCUT2D eigenvalue weighted by molar-refractivity contribution is 5.99. The number of pyridine rings is 1. The van der Waals surface area contributed by atoms with E-state index < -0.39 is 24.3 Å². The van der Waals surface area contributed by atoms with E-state index in [0.717, 1.165) is 75.5 Å². The van der Waals surface area contributed by atoms with Gasteiger partial charge in [-0.3, -0.25) is 4.79 Å². The molecule has 1 aromatic rings. The van der Waals surface area contributed by atoms with Gasteiger partial charge in [0.15, 0.2) is 0 Å². The molecule has 0 atom stereocenters. The van der Waals surface area contributed by atoms with Crippen LogP contribution in [0.3, 0.4) is 0 Å². The number of carbonyl (C=O) groups is 3. The standard InChI is InChI=1S/C18H28N4O.2C2HF3O2/c1-13(2)12-20-17-15(18(23)22-9-3-4-10-22)11-14-5-7-19-8-6-16(14)21-17;2*3-2(4,5)1(6)7/h11,13,19H,3-10,12H2,1-2H3,(H,20,21);2*(H,6,7). The van der Waals surface area contributed by atoms with Gasteiger partial charge in [0.2, 0.25) is 0 Å². The van der Waals surface area contributed by atoms with E-state index >= 15 is 0 Å². The third-order valence-electron chi connectivity index (χ3n) is 5.09. The monoisotopic (exact) mass is 544 g/mol. The van der Waals surface area contributed by atoms with Crippen LogP contribution in [-0.4, -0.2) is 83.0 Å². The summed E-state index contributed by atoms with van der Waals surface area (Å²) in [4.78, 5) is 37.5. The van der Waals surface area contributed by atoms with Crippen molar-refractivity contribution in [1.29, 1.82) is 0 Å². The second kappa shape index (κ2) is 14.0. The number of aliphatic carboxylic acids is 2. The molecule has 0 aromatic carbocycles. The zero-order valence-electron chi connectivity index (χ0n) is 20.3. The Bertz CT molecular complexity index is 907. The van der Waals surface area contributed by atoms with E-state index in [1.54, 1.807) is 0 Å². The van der Waals surface area contributed by atoms with Crippen LogP contribution < -0.4 is 10.6 Å². The Morgan fingerprint density at radius 1 is 1.00 bits per heavy atom. The van der Waals surface area contributed by atoms with Crippen LogP contribution in [0.5, 0.6) is 0 Å². The van der Waals surface area contributed by atoms with Crippen LogP contribution in [-0.2, 0) is 22.4 Å². The summed E-state index contributed by atoms with van der Waals surface area (Å²) in [6, 6.07) is 2.10. The maximum Gasteiger partial charge on any atom is 0.490 e. The highest BCUT2D eigenvalue weighted by Crippen LogP contribution is 2.24. The van der Waals surface area contributed by atoms with Crippen LogP contribution in [0.1, 0.15) is 48.3 Å². The predicted octanol–water partition coefficient (Wildman–Crippen LogP) is 3.34. The van der Waals surface area contributed by atoms with Gasteiger partial charge in [-0.1, -0.05) is 13.8 Å². The van der Waals surface area contributed by atoms with Crippen molar-refractivity contribution in [2.75, 3.05) is 38.0 Å². The molecule has 0 unspecified atom stereocenters. The molecule has 4 N–H and O–H groups in total. The van der Waals surface area contributed by atoms with Gasteiger partial charge in [-0.2, -0.15) is 26.3 Å². The fourth-order valence-electron chi connectivity index (χ4n) is 3.27. The number of alkyl halides is 6. The molecule has 0 spiro atoms. The number of halogens is 6. The number of hydrogen-bond donors (Lipinski definition) is 4. The lowest BCUT2D eigenvalue weighted by molar-refractivity contribution is -0.193. The molecule has 9 nitrogen and oxygen atoms in total. The van der Waals surface area contributed by atoms with Gasteiger partial charge in [-0.25, -0.2) is 14.6 Å². The van der Waals surface area contributed by atoms with Crippen LogP contribution in [0.25, 0.3) is 0 Å². The largest absolute Gasteiger partial charge is 0.490 e. The lowest BCUT2D eigenvalue weighted by Gasteiger charge is -2.20. The first-order chi connectivity index (χ1) is 17.0. The van der Waals surface area contributed by atoms with Crippen molar-refractivity contribution in [2.45, 2.75) is 51.9 Å². The molecule has 3 rings (SSSR count). The molecule has 1 aromatic heterocycles. The molecule has 37 heavy (non-hydrogen) atoms. The Balaban J connectivity index is 0.000000404. The van der Waals surface area contributed by atoms with Crippen molar-refractivity contribution in [2.24, 2.45) is 5.92 Å². The van der Waals surface area contributed by atoms with Crippen LogP contribution in [0.15, 0.2) is 6.07 Å². The molecule has 15 heteroatoms. The second-order valence-corrected chi connectivity index (χ2v) is 8.62. The Morgan fingerprint density at radius 3 is 1.95 bits per heavy atom. The summed E-state index contributed by atoms with van der Waals surface area (Å²) in [5.41, 5.74) is 3.13. The minimum Gasteiger partial charge on any atom is -0.475 e. The number of aromatic nitrogens is 1. The number of rotatable bonds is 4. The number of anilines is 1. The van der Waals surface area contributed by atoms with Crippen LogP contribution in [0, 0.1) is 5.92 Å². The topological polar surface area (TPSA) is 132 Å². The van der Waals surface area contributed by atoms with E-state index in [0.29, 0.717) is 5.92 Å². The molecule has 1 saturated heterocycles. The van der Waals surface area contributed by atoms with E-state index in [2.05, 4.69) is 30.5 Å². The van der Waals surface area contributed by atoms with Crippen molar-refractivity contribution in [3.8, 4) is 0 Å². The van der Waals surface area contributed by atoms with Crippen molar-refractivity contribution in [3.05, 3.63) is 22.9 Å². The number of likely N-dealkylation sites (tertiary alicyclic amines) is 1. The minimum atomic E-state index is -5.08. The molecule has 0 saturated carbocycles. The van der Waals surface area contributed by atoms with Gasteiger partial charge >= 0.3 is 24.3 Å². The highest BCUT2D eigenvalue weighted by Gasteiger charge is 2.38. The summed E-state index contributed by atoms with van der Waals surface area (Å²) in [6.45, 7) is 8.85. The number of amides is 1. The van der Waals surface area contributed by atoms with Gasteiger partial charge in [0.05, 0.1) is 5.56 Å². The molecule has 2 aliphatic heterocycles. The number of nitrogens with zero attached hydrogens (tertiary/aromatic N) is 2. The average molecular weight is 544 g/mol. The highest BCUT2D eigenvalue weighted by atomic mass is 19.4. The molecule has 0 bridgehead atoms. The molecule has 1 amide bonds. The summed E-state index contributed by atoms with van der Waals surface area (Å²) >= 11 is 0. The van der Waals surface area contributed by atoms with Gasteiger partial charge in [0, 0.05) is 38.3 Å². The fraction of sp³-hybridized carbons (Fsp3) is 0.636. The molecule has 0 radical (unpaired) electrons. The normalized spacial score (nSPS) is 15.4. The van der Waals surface area contributed by atoms with Gasteiger partial charge in [0.25, 0.3) is 5.91 Å². The SMILES string of the molecule is CC(C)CNc1nc2c(cc1C(=O)N1CCCC1)CCNCC2.O=C(O)C(F)(F)F.O=C(O)C(F)(F)F. The van der Waals surface area contributed by atoms with Crippen LogP contribution >= 0.6 is 0 Å². The number of carbonyl (C=O) groups excluding carboxylic acids is 1. The number of fused-ring (bicyclic) bond motifs is 1. The summed E-state index contributed by atoms with van der Waals surface area (Å²) in [7, 11) is 0. The first-order valence-corrected chi connectivity index (χ1v) is 11.4. The molecule has 210 valence electrons. The van der Waals surface area contributed by atoms with E-state index in [1.807, 2.05) is 4.90 Å². The van der Waals surface area contributed by atoms with E-state index in [1.165, 1.54) is 5.56 Å². The van der Waals surface area contributed by atoms with E-state index in [9.17, 15) is 31.1 Å². The molecular formula is C22H30F6N4O5. The zero-order chi connectivity index (χ0) is 28.4. The second-order valence-electron chi connectivity index (χ2n) is 8.62. The first-order valence-electron chi connectivity index (χ1n) is 11.4. The third kappa shape index (κ3) is 11.2. The van der Waals surface area contributed by atoms with Gasteiger partial charge in [0.1, 0.15) is 5.82 Å². The summed E-state index contributed by atoms with van der Waals surface area (Å²) in [5.74, 6) is -4.08. The van der Waals surface area contributed by atoms with Gasteiger partial charge in [-0.15, -0.1) is 0 Å². The summed E-state index contributed by atoms with van der Waals surface area (Å²) in [5, 5.41) is 21.1.